The van der Waals surface area contributed by atoms with Gasteiger partial charge < -0.3 is 10.1 Å². The number of thiazole rings is 1. The SMILES string of the molecule is Cc1nc(C(=O)N[C@@H]2C[C@H]3OCC[C@@H]23)c(C)s1. The topological polar surface area (TPSA) is 51.2 Å². The van der Waals surface area contributed by atoms with Crippen molar-refractivity contribution in [2.24, 2.45) is 5.92 Å². The maximum absolute atomic E-state index is 12.1. The highest BCUT2D eigenvalue weighted by atomic mass is 32.1. The molecule has 2 aliphatic rings. The fourth-order valence-electron chi connectivity index (χ4n) is 2.74. The molecule has 0 aromatic carbocycles. The van der Waals surface area contributed by atoms with E-state index in [1.807, 2.05) is 13.8 Å². The number of nitrogens with one attached hydrogen (secondary N) is 1. The van der Waals surface area contributed by atoms with Gasteiger partial charge in [-0.2, -0.15) is 0 Å². The van der Waals surface area contributed by atoms with E-state index >= 15 is 0 Å². The third-order valence-electron chi connectivity index (χ3n) is 3.70. The van der Waals surface area contributed by atoms with Crippen LogP contribution in [0.15, 0.2) is 0 Å². The molecule has 0 radical (unpaired) electrons. The lowest BCUT2D eigenvalue weighted by Crippen LogP contribution is -2.53. The van der Waals surface area contributed by atoms with Crippen molar-refractivity contribution in [2.75, 3.05) is 6.61 Å². The molecule has 1 aromatic rings. The molecule has 1 amide bonds. The first-order chi connectivity index (χ1) is 8.15. The largest absolute Gasteiger partial charge is 0.378 e. The van der Waals surface area contributed by atoms with E-state index in [1.165, 1.54) is 0 Å². The minimum absolute atomic E-state index is 0.0257. The molecule has 0 spiro atoms. The summed E-state index contributed by atoms with van der Waals surface area (Å²) >= 11 is 1.57. The number of hydrogen-bond acceptors (Lipinski definition) is 4. The van der Waals surface area contributed by atoms with Crippen LogP contribution in [0.3, 0.4) is 0 Å². The summed E-state index contributed by atoms with van der Waals surface area (Å²) in [5.74, 6) is 0.501. The van der Waals surface area contributed by atoms with Crippen molar-refractivity contribution in [3.8, 4) is 0 Å². The van der Waals surface area contributed by atoms with E-state index in [9.17, 15) is 4.79 Å². The van der Waals surface area contributed by atoms with Gasteiger partial charge in [0, 0.05) is 23.4 Å². The molecule has 0 bridgehead atoms. The lowest BCUT2D eigenvalue weighted by molar-refractivity contribution is 0.00802. The number of amides is 1. The van der Waals surface area contributed by atoms with E-state index in [1.54, 1.807) is 11.3 Å². The van der Waals surface area contributed by atoms with Gasteiger partial charge in [0.25, 0.3) is 5.91 Å². The molecule has 1 aliphatic heterocycles. The Morgan fingerprint density at radius 1 is 1.53 bits per heavy atom. The summed E-state index contributed by atoms with van der Waals surface area (Å²) in [6, 6.07) is 0.288. The third-order valence-corrected chi connectivity index (χ3v) is 4.59. The summed E-state index contributed by atoms with van der Waals surface area (Å²) in [7, 11) is 0. The Labute approximate surface area is 104 Å². The molecule has 2 heterocycles. The summed E-state index contributed by atoms with van der Waals surface area (Å²) in [4.78, 5) is 17.3. The molecule has 1 aliphatic carbocycles. The number of hydrogen-bond donors (Lipinski definition) is 1. The van der Waals surface area contributed by atoms with Gasteiger partial charge in [0.15, 0.2) is 0 Å². The standard InChI is InChI=1S/C12H16N2O2S/c1-6-11(13-7(2)17-6)12(15)14-9-5-10-8(9)3-4-16-10/h8-10H,3-5H2,1-2H3,(H,14,15)/t8-,9+,10+/m0/s1. The summed E-state index contributed by atoms with van der Waals surface area (Å²) < 4.78 is 5.53. The second-order valence-corrected chi connectivity index (χ2v) is 6.22. The molecule has 0 unspecified atom stereocenters. The van der Waals surface area contributed by atoms with Crippen LogP contribution in [0.2, 0.25) is 0 Å². The fourth-order valence-corrected chi connectivity index (χ4v) is 3.55. The predicted octanol–water partition coefficient (Wildman–Crippen LogP) is 1.67. The summed E-state index contributed by atoms with van der Waals surface area (Å²) in [5.41, 5.74) is 0.592. The number of ether oxygens (including phenoxy) is 1. The quantitative estimate of drug-likeness (QED) is 0.871. The minimum Gasteiger partial charge on any atom is -0.378 e. The Balaban J connectivity index is 1.66. The Morgan fingerprint density at radius 2 is 2.35 bits per heavy atom. The molecule has 1 aromatic heterocycles. The molecular formula is C12H16N2O2S. The van der Waals surface area contributed by atoms with Crippen LogP contribution in [-0.2, 0) is 4.74 Å². The molecule has 3 atom stereocenters. The average molecular weight is 252 g/mol. The molecule has 1 saturated carbocycles. The highest BCUT2D eigenvalue weighted by Gasteiger charge is 2.45. The van der Waals surface area contributed by atoms with Gasteiger partial charge in [0.1, 0.15) is 5.69 Å². The van der Waals surface area contributed by atoms with Crippen molar-refractivity contribution in [3.05, 3.63) is 15.6 Å². The van der Waals surface area contributed by atoms with Gasteiger partial charge in [-0.15, -0.1) is 11.3 Å². The molecule has 5 heteroatoms. The van der Waals surface area contributed by atoms with Crippen LogP contribution < -0.4 is 5.32 Å². The molecule has 1 N–H and O–H groups in total. The second-order valence-electron chi connectivity index (χ2n) is 4.82. The van der Waals surface area contributed by atoms with E-state index in [4.69, 9.17) is 4.74 Å². The fraction of sp³-hybridized carbons (Fsp3) is 0.667. The predicted molar refractivity (Wildman–Crippen MR) is 65.3 cm³/mol. The van der Waals surface area contributed by atoms with Crippen LogP contribution in [0.5, 0.6) is 0 Å². The van der Waals surface area contributed by atoms with Gasteiger partial charge in [-0.05, 0) is 26.7 Å². The Bertz CT molecular complexity index is 457. The van der Waals surface area contributed by atoms with Crippen molar-refractivity contribution in [1.29, 1.82) is 0 Å². The summed E-state index contributed by atoms with van der Waals surface area (Å²) in [6.45, 7) is 4.72. The Hall–Kier alpha value is -0.940. The van der Waals surface area contributed by atoms with E-state index < -0.39 is 0 Å². The first-order valence-corrected chi connectivity index (χ1v) is 6.83. The number of fused-ring (bicyclic) bond motifs is 1. The average Bonchev–Trinajstić information content (AvgIpc) is 2.78. The van der Waals surface area contributed by atoms with E-state index in [0.29, 0.717) is 17.7 Å². The highest BCUT2D eigenvalue weighted by molar-refractivity contribution is 7.11. The number of nitrogens with zero attached hydrogens (tertiary/aromatic N) is 1. The van der Waals surface area contributed by atoms with Gasteiger partial charge in [-0.3, -0.25) is 4.79 Å². The molecule has 92 valence electrons. The van der Waals surface area contributed by atoms with Crippen molar-refractivity contribution in [2.45, 2.75) is 38.8 Å². The van der Waals surface area contributed by atoms with Crippen LogP contribution in [0.25, 0.3) is 0 Å². The number of rotatable bonds is 2. The monoisotopic (exact) mass is 252 g/mol. The van der Waals surface area contributed by atoms with Gasteiger partial charge in [0.05, 0.1) is 11.1 Å². The lowest BCUT2D eigenvalue weighted by atomic mass is 9.76. The number of aryl methyl sites for hydroxylation is 2. The molecule has 1 saturated heterocycles. The highest BCUT2D eigenvalue weighted by Crippen LogP contribution is 2.38. The smallest absolute Gasteiger partial charge is 0.271 e. The van der Waals surface area contributed by atoms with Crippen LogP contribution in [0, 0.1) is 19.8 Å². The van der Waals surface area contributed by atoms with Gasteiger partial charge in [-0.25, -0.2) is 4.98 Å². The van der Waals surface area contributed by atoms with Crippen molar-refractivity contribution in [1.82, 2.24) is 10.3 Å². The number of carbonyl (C=O) groups is 1. The van der Waals surface area contributed by atoms with Crippen LogP contribution in [0.1, 0.15) is 33.2 Å². The summed E-state index contributed by atoms with van der Waals surface area (Å²) in [6.07, 6.45) is 2.42. The maximum Gasteiger partial charge on any atom is 0.271 e. The molecule has 3 rings (SSSR count). The van der Waals surface area contributed by atoms with Crippen molar-refractivity contribution in [3.63, 3.8) is 0 Å². The molecule has 4 nitrogen and oxygen atoms in total. The third kappa shape index (κ3) is 1.87. The molecule has 17 heavy (non-hydrogen) atoms. The zero-order valence-corrected chi connectivity index (χ0v) is 10.8. The van der Waals surface area contributed by atoms with Crippen LogP contribution >= 0.6 is 11.3 Å². The Kier molecular flexibility index (Phi) is 2.67. The number of carbonyl (C=O) groups excluding carboxylic acids is 1. The number of aromatic nitrogens is 1. The van der Waals surface area contributed by atoms with Crippen molar-refractivity contribution >= 4 is 17.2 Å². The molecular weight excluding hydrogens is 236 g/mol. The van der Waals surface area contributed by atoms with Crippen molar-refractivity contribution < 1.29 is 9.53 Å². The van der Waals surface area contributed by atoms with Crippen LogP contribution in [0.4, 0.5) is 0 Å². The van der Waals surface area contributed by atoms with Gasteiger partial charge in [0.2, 0.25) is 0 Å². The second kappa shape index (κ2) is 4.07. The Morgan fingerprint density at radius 3 is 3.00 bits per heavy atom. The maximum atomic E-state index is 12.1. The van der Waals surface area contributed by atoms with Gasteiger partial charge in [-0.1, -0.05) is 0 Å². The first-order valence-electron chi connectivity index (χ1n) is 6.01. The normalized spacial score (nSPS) is 30.8. The van der Waals surface area contributed by atoms with E-state index in [-0.39, 0.29) is 11.9 Å². The van der Waals surface area contributed by atoms with Gasteiger partial charge >= 0.3 is 0 Å². The van der Waals surface area contributed by atoms with Crippen LogP contribution in [-0.4, -0.2) is 29.6 Å². The lowest BCUT2D eigenvalue weighted by Gasteiger charge is -2.39. The zero-order chi connectivity index (χ0) is 12.0. The first kappa shape index (κ1) is 11.2. The van der Waals surface area contributed by atoms with E-state index in [2.05, 4.69) is 10.3 Å². The minimum atomic E-state index is -0.0257. The zero-order valence-electron chi connectivity index (χ0n) is 10.0. The summed E-state index contributed by atoms with van der Waals surface area (Å²) in [5, 5.41) is 4.03. The van der Waals surface area contributed by atoms with E-state index in [0.717, 1.165) is 29.3 Å². The molecule has 2 fully saturated rings.